The van der Waals surface area contributed by atoms with Crippen molar-refractivity contribution >= 4 is 43.5 Å². The van der Waals surface area contributed by atoms with Crippen molar-refractivity contribution in [1.82, 2.24) is 15.0 Å². The minimum atomic E-state index is -0.197. The number of furan rings is 1. The lowest BCUT2D eigenvalue weighted by Gasteiger charge is -2.23. The molecule has 3 heterocycles. The molecule has 0 unspecified atom stereocenters. The van der Waals surface area contributed by atoms with E-state index in [1.165, 1.54) is 54.9 Å². The standard InChI is InChI=1S/C47H47N4O/c1-26-16-19-34-37-22-31-18-17-30-14-12-13-15-33(30)36(31)24-39(37)52-42(34)41(26)38-23-35(29(4)25-51(38)11)40-27(2)20-32(21-28(40)3)43-48-44(46(5,6)7)50-45(49-43)47(8,9)10/h12-25H,1-11H3/q+1. The van der Waals surface area contributed by atoms with Crippen LogP contribution in [0.2, 0.25) is 0 Å². The summed E-state index contributed by atoms with van der Waals surface area (Å²) in [5.74, 6) is 2.36. The van der Waals surface area contributed by atoms with Gasteiger partial charge in [-0.3, -0.25) is 0 Å². The molecule has 0 atom stereocenters. The smallest absolute Gasteiger partial charge is 0.216 e. The molecule has 5 nitrogen and oxygen atoms in total. The van der Waals surface area contributed by atoms with E-state index < -0.39 is 0 Å². The molecule has 0 radical (unpaired) electrons. The zero-order valence-electron chi connectivity index (χ0n) is 32.3. The molecule has 0 spiro atoms. The molecule has 0 saturated carbocycles. The maximum atomic E-state index is 6.85. The summed E-state index contributed by atoms with van der Waals surface area (Å²) in [7, 11) is 2.14. The number of nitrogens with zero attached hydrogens (tertiary/aromatic N) is 4. The zero-order valence-corrected chi connectivity index (χ0v) is 32.3. The van der Waals surface area contributed by atoms with Crippen LogP contribution in [0.4, 0.5) is 0 Å². The van der Waals surface area contributed by atoms with E-state index in [2.05, 4.69) is 166 Å². The first-order chi connectivity index (χ1) is 24.6. The van der Waals surface area contributed by atoms with Crippen molar-refractivity contribution < 1.29 is 8.98 Å². The fourth-order valence-electron chi connectivity index (χ4n) is 7.75. The lowest BCUT2D eigenvalue weighted by Crippen LogP contribution is -2.31. The molecule has 0 aliphatic rings. The zero-order chi connectivity index (χ0) is 36.9. The van der Waals surface area contributed by atoms with Crippen LogP contribution in [-0.2, 0) is 17.9 Å². The summed E-state index contributed by atoms with van der Waals surface area (Å²) in [6.07, 6.45) is 2.25. The summed E-state index contributed by atoms with van der Waals surface area (Å²) in [5, 5.41) is 7.17. The van der Waals surface area contributed by atoms with Gasteiger partial charge in [0.25, 0.3) is 0 Å². The molecule has 0 bridgehead atoms. The molecule has 0 saturated heterocycles. The first-order valence-electron chi connectivity index (χ1n) is 18.3. The number of rotatable bonds is 3. The van der Waals surface area contributed by atoms with Gasteiger partial charge >= 0.3 is 0 Å². The van der Waals surface area contributed by atoms with Crippen LogP contribution in [0.3, 0.4) is 0 Å². The van der Waals surface area contributed by atoms with Crippen LogP contribution in [-0.4, -0.2) is 15.0 Å². The predicted molar refractivity (Wildman–Crippen MR) is 216 cm³/mol. The Morgan fingerprint density at radius 2 is 1.21 bits per heavy atom. The third-order valence-corrected chi connectivity index (χ3v) is 10.5. The number of hydrogen-bond donors (Lipinski definition) is 0. The minimum absolute atomic E-state index is 0.197. The van der Waals surface area contributed by atoms with Gasteiger partial charge in [-0.25, -0.2) is 19.5 Å². The summed E-state index contributed by atoms with van der Waals surface area (Å²) in [6.45, 7) is 21.7. The summed E-state index contributed by atoms with van der Waals surface area (Å²) in [6, 6.07) is 28.8. The van der Waals surface area contributed by atoms with Crippen LogP contribution in [0.1, 0.15) is 75.4 Å². The highest BCUT2D eigenvalue weighted by Crippen LogP contribution is 2.41. The van der Waals surface area contributed by atoms with Gasteiger partial charge in [0.15, 0.2) is 12.0 Å². The van der Waals surface area contributed by atoms with Crippen LogP contribution in [0.15, 0.2) is 89.5 Å². The molecule has 3 aromatic heterocycles. The van der Waals surface area contributed by atoms with Crippen molar-refractivity contribution in [3.05, 3.63) is 119 Å². The first kappa shape index (κ1) is 33.7. The first-order valence-corrected chi connectivity index (χ1v) is 18.3. The fourth-order valence-corrected chi connectivity index (χ4v) is 7.75. The maximum Gasteiger partial charge on any atom is 0.216 e. The third-order valence-electron chi connectivity index (χ3n) is 10.5. The van der Waals surface area contributed by atoms with Gasteiger partial charge in [-0.2, -0.15) is 0 Å². The Morgan fingerprint density at radius 1 is 0.558 bits per heavy atom. The van der Waals surface area contributed by atoms with E-state index in [1.54, 1.807) is 0 Å². The van der Waals surface area contributed by atoms with Gasteiger partial charge in [-0.15, -0.1) is 0 Å². The van der Waals surface area contributed by atoms with Crippen molar-refractivity contribution in [3.63, 3.8) is 0 Å². The van der Waals surface area contributed by atoms with E-state index in [4.69, 9.17) is 19.4 Å². The normalized spacial score (nSPS) is 12.5. The lowest BCUT2D eigenvalue weighted by molar-refractivity contribution is -0.660. The van der Waals surface area contributed by atoms with E-state index in [0.717, 1.165) is 56.2 Å². The average molecular weight is 684 g/mol. The number of aryl methyl sites for hydroxylation is 5. The monoisotopic (exact) mass is 683 g/mol. The van der Waals surface area contributed by atoms with Crippen molar-refractivity contribution in [1.29, 1.82) is 0 Å². The number of hydrogen-bond acceptors (Lipinski definition) is 4. The Labute approximate surface area is 306 Å². The molecule has 0 aliphatic heterocycles. The highest BCUT2D eigenvalue weighted by molar-refractivity contribution is 6.17. The molecule has 52 heavy (non-hydrogen) atoms. The second kappa shape index (κ2) is 11.8. The minimum Gasteiger partial charge on any atom is -0.455 e. The molecular formula is C47H47N4O+. The van der Waals surface area contributed by atoms with Gasteiger partial charge in [0.2, 0.25) is 5.69 Å². The van der Waals surface area contributed by atoms with Crippen molar-refractivity contribution in [2.24, 2.45) is 7.05 Å². The molecule has 0 aliphatic carbocycles. The van der Waals surface area contributed by atoms with Gasteiger partial charge in [0.05, 0.1) is 5.56 Å². The Morgan fingerprint density at radius 3 is 1.88 bits per heavy atom. The summed E-state index contributed by atoms with van der Waals surface area (Å²) < 4.78 is 9.09. The quantitative estimate of drug-likeness (QED) is 0.137. The molecule has 5 heteroatoms. The van der Waals surface area contributed by atoms with Crippen LogP contribution in [0.5, 0.6) is 0 Å². The third kappa shape index (κ3) is 5.54. The van der Waals surface area contributed by atoms with Crippen molar-refractivity contribution in [2.45, 2.75) is 80.1 Å². The van der Waals surface area contributed by atoms with E-state index >= 15 is 0 Å². The molecular weight excluding hydrogens is 637 g/mol. The number of benzene rings is 5. The van der Waals surface area contributed by atoms with Crippen molar-refractivity contribution in [3.8, 4) is 33.8 Å². The molecule has 8 aromatic rings. The van der Waals surface area contributed by atoms with Crippen LogP contribution in [0.25, 0.3) is 77.3 Å². The number of aromatic nitrogens is 4. The van der Waals surface area contributed by atoms with Gasteiger partial charge < -0.3 is 4.42 Å². The van der Waals surface area contributed by atoms with E-state index in [0.29, 0.717) is 0 Å². The predicted octanol–water partition coefficient (Wildman–Crippen LogP) is 11.7. The summed E-state index contributed by atoms with van der Waals surface area (Å²) >= 11 is 0. The molecule has 5 aromatic carbocycles. The SMILES string of the molecule is Cc1c[n+](C)c(-c2c(C)ccc3c2oc2cc4c(ccc5ccccc54)cc23)cc1-c1c(C)cc(-c2nc(C(C)(C)C)nc(C(C)(C)C)n2)cc1C. The van der Waals surface area contributed by atoms with Crippen molar-refractivity contribution in [2.75, 3.05) is 0 Å². The van der Waals surface area contributed by atoms with Gasteiger partial charge in [-0.1, -0.05) is 90.1 Å². The number of fused-ring (bicyclic) bond motifs is 6. The molecule has 260 valence electrons. The maximum absolute atomic E-state index is 6.85. The largest absolute Gasteiger partial charge is 0.455 e. The van der Waals surface area contributed by atoms with Crippen LogP contribution >= 0.6 is 0 Å². The highest BCUT2D eigenvalue weighted by atomic mass is 16.3. The lowest BCUT2D eigenvalue weighted by atomic mass is 9.89. The Bertz CT molecular complexity index is 2700. The topological polar surface area (TPSA) is 55.7 Å². The van der Waals surface area contributed by atoms with E-state index in [-0.39, 0.29) is 10.8 Å². The number of pyridine rings is 1. The summed E-state index contributed by atoms with van der Waals surface area (Å²) in [4.78, 5) is 14.9. The van der Waals surface area contributed by atoms with Crippen LogP contribution in [0, 0.1) is 27.7 Å². The second-order valence-electron chi connectivity index (χ2n) is 16.7. The fraction of sp³-hybridized carbons (Fsp3) is 0.277. The van der Waals surface area contributed by atoms with Gasteiger partial charge in [0, 0.05) is 38.8 Å². The average Bonchev–Trinajstić information content (AvgIpc) is 3.44. The Kier molecular flexibility index (Phi) is 7.66. The Hall–Kier alpha value is -5.42. The highest BCUT2D eigenvalue weighted by Gasteiger charge is 2.27. The molecule has 8 rings (SSSR count). The molecule has 0 amide bonds. The Balaban J connectivity index is 1.29. The van der Waals surface area contributed by atoms with Gasteiger partial charge in [-0.05, 0) is 101 Å². The van der Waals surface area contributed by atoms with E-state index in [9.17, 15) is 0 Å². The van der Waals surface area contributed by atoms with Crippen LogP contribution < -0.4 is 4.57 Å². The summed E-state index contributed by atoms with van der Waals surface area (Å²) in [5.41, 5.74) is 11.9. The van der Waals surface area contributed by atoms with Gasteiger partial charge in [0.1, 0.15) is 29.9 Å². The molecule has 0 N–H and O–H groups in total. The van der Waals surface area contributed by atoms with E-state index in [1.807, 2.05) is 0 Å². The molecule has 0 fully saturated rings. The second-order valence-corrected chi connectivity index (χ2v) is 16.7.